The number of halogens is 1. The number of ether oxygens (including phenoxy) is 1. The van der Waals surface area contributed by atoms with Crippen molar-refractivity contribution in [2.45, 2.75) is 20.8 Å². The van der Waals surface area contributed by atoms with Crippen LogP contribution in [-0.4, -0.2) is 10.2 Å². The van der Waals surface area contributed by atoms with Crippen LogP contribution in [0.2, 0.25) is 0 Å². The molecule has 0 aliphatic rings. The Morgan fingerprint density at radius 2 is 1.95 bits per heavy atom. The summed E-state index contributed by atoms with van der Waals surface area (Å²) < 4.78 is 6.50. The lowest BCUT2D eigenvalue weighted by atomic mass is 10.1. The quantitative estimate of drug-likeness (QED) is 0.844. The van der Waals surface area contributed by atoms with Crippen LogP contribution in [0.5, 0.6) is 11.6 Å². The van der Waals surface area contributed by atoms with Gasteiger partial charge in [-0.05, 0) is 60.0 Å². The molecule has 0 aliphatic heterocycles. The number of hydrogen-bond acceptors (Lipinski definition) is 4. The molecule has 1 aromatic heterocycles. The van der Waals surface area contributed by atoms with Crippen molar-refractivity contribution in [3.8, 4) is 17.7 Å². The minimum absolute atomic E-state index is 0.232. The summed E-state index contributed by atoms with van der Waals surface area (Å²) in [6.07, 6.45) is 0. The molecule has 0 aliphatic carbocycles. The minimum atomic E-state index is 0.232. The zero-order chi connectivity index (χ0) is 14.0. The van der Waals surface area contributed by atoms with Gasteiger partial charge in [0.1, 0.15) is 17.4 Å². The molecule has 0 unspecified atom stereocenters. The first-order valence-corrected chi connectivity index (χ1v) is 6.50. The number of aryl methyl sites for hydroxylation is 2. The van der Waals surface area contributed by atoms with E-state index >= 15 is 0 Å². The number of rotatable bonds is 2. The van der Waals surface area contributed by atoms with Crippen molar-refractivity contribution in [1.82, 2.24) is 10.2 Å². The molecule has 0 radical (unpaired) electrons. The first-order valence-electron chi connectivity index (χ1n) is 5.71. The summed E-state index contributed by atoms with van der Waals surface area (Å²) in [6.45, 7) is 5.64. The van der Waals surface area contributed by atoms with Gasteiger partial charge in [-0.25, -0.2) is 0 Å². The third-order valence-electron chi connectivity index (χ3n) is 2.83. The number of aromatic nitrogens is 2. The fourth-order valence-corrected chi connectivity index (χ4v) is 2.16. The molecule has 0 amide bonds. The molecule has 1 heterocycles. The highest BCUT2D eigenvalue weighted by molar-refractivity contribution is 9.10. The van der Waals surface area contributed by atoms with E-state index in [0.29, 0.717) is 11.3 Å². The maximum atomic E-state index is 9.21. The van der Waals surface area contributed by atoms with Crippen molar-refractivity contribution >= 4 is 15.9 Å². The van der Waals surface area contributed by atoms with Crippen LogP contribution in [0.3, 0.4) is 0 Å². The van der Waals surface area contributed by atoms with Crippen LogP contribution in [0.25, 0.3) is 0 Å². The third kappa shape index (κ3) is 2.74. The zero-order valence-electron chi connectivity index (χ0n) is 10.9. The topological polar surface area (TPSA) is 58.8 Å². The lowest BCUT2D eigenvalue weighted by Gasteiger charge is -2.10. The van der Waals surface area contributed by atoms with Gasteiger partial charge in [-0.15, -0.1) is 5.10 Å². The molecule has 19 heavy (non-hydrogen) atoms. The van der Waals surface area contributed by atoms with E-state index in [1.165, 1.54) is 0 Å². The monoisotopic (exact) mass is 317 g/mol. The van der Waals surface area contributed by atoms with E-state index in [0.717, 1.165) is 21.3 Å². The molecular weight excluding hydrogens is 306 g/mol. The summed E-state index contributed by atoms with van der Waals surface area (Å²) in [7, 11) is 0. The van der Waals surface area contributed by atoms with Crippen LogP contribution < -0.4 is 4.74 Å². The SMILES string of the molecule is Cc1ccc(Oc2nnc(C)c(C)c2C#N)c(Br)c1. The van der Waals surface area contributed by atoms with Gasteiger partial charge in [0.05, 0.1) is 10.2 Å². The first kappa shape index (κ1) is 13.5. The Kier molecular flexibility index (Phi) is 3.82. The predicted octanol–water partition coefficient (Wildman–Crippen LogP) is 3.83. The number of nitrogens with zero attached hydrogens (tertiary/aromatic N) is 3. The Balaban J connectivity index is 2.44. The Morgan fingerprint density at radius 1 is 1.21 bits per heavy atom. The third-order valence-corrected chi connectivity index (χ3v) is 3.45. The van der Waals surface area contributed by atoms with Crippen molar-refractivity contribution in [2.75, 3.05) is 0 Å². The molecule has 0 atom stereocenters. The summed E-state index contributed by atoms with van der Waals surface area (Å²) >= 11 is 3.43. The summed E-state index contributed by atoms with van der Waals surface area (Å²) in [4.78, 5) is 0. The molecule has 0 saturated carbocycles. The molecule has 0 spiro atoms. The van der Waals surface area contributed by atoms with E-state index in [1.54, 1.807) is 0 Å². The van der Waals surface area contributed by atoms with Crippen LogP contribution in [0.4, 0.5) is 0 Å². The second-order valence-electron chi connectivity index (χ2n) is 4.24. The van der Waals surface area contributed by atoms with Crippen molar-refractivity contribution in [3.05, 3.63) is 45.1 Å². The van der Waals surface area contributed by atoms with E-state index in [4.69, 9.17) is 4.74 Å². The fourth-order valence-electron chi connectivity index (χ4n) is 1.58. The van der Waals surface area contributed by atoms with Gasteiger partial charge in [-0.1, -0.05) is 6.07 Å². The first-order chi connectivity index (χ1) is 9.02. The molecule has 5 heteroatoms. The lowest BCUT2D eigenvalue weighted by molar-refractivity contribution is 0.449. The van der Waals surface area contributed by atoms with E-state index in [1.807, 2.05) is 39.0 Å². The van der Waals surface area contributed by atoms with Gasteiger partial charge in [0, 0.05) is 0 Å². The second-order valence-corrected chi connectivity index (χ2v) is 5.09. The number of nitriles is 1. The molecule has 0 N–H and O–H groups in total. The van der Waals surface area contributed by atoms with Crippen molar-refractivity contribution in [2.24, 2.45) is 0 Å². The summed E-state index contributed by atoms with van der Waals surface area (Å²) in [5, 5.41) is 17.1. The lowest BCUT2D eigenvalue weighted by Crippen LogP contribution is -2.00. The van der Waals surface area contributed by atoms with Gasteiger partial charge in [0.2, 0.25) is 0 Å². The zero-order valence-corrected chi connectivity index (χ0v) is 12.4. The van der Waals surface area contributed by atoms with Crippen LogP contribution in [-0.2, 0) is 0 Å². The molecule has 4 nitrogen and oxygen atoms in total. The molecular formula is C14H12BrN3O. The minimum Gasteiger partial charge on any atom is -0.435 e. The Labute approximate surface area is 120 Å². The molecule has 0 bridgehead atoms. The summed E-state index contributed by atoms with van der Waals surface area (Å²) in [5.74, 6) is 0.842. The maximum Gasteiger partial charge on any atom is 0.257 e. The molecule has 2 aromatic rings. The Morgan fingerprint density at radius 3 is 2.58 bits per heavy atom. The van der Waals surface area contributed by atoms with Crippen LogP contribution in [0.1, 0.15) is 22.4 Å². The molecule has 2 rings (SSSR count). The molecule has 96 valence electrons. The number of benzene rings is 1. The van der Waals surface area contributed by atoms with Crippen LogP contribution in [0.15, 0.2) is 22.7 Å². The van der Waals surface area contributed by atoms with E-state index in [9.17, 15) is 5.26 Å². The largest absolute Gasteiger partial charge is 0.435 e. The maximum absolute atomic E-state index is 9.21. The Bertz CT molecular complexity index is 677. The highest BCUT2D eigenvalue weighted by Gasteiger charge is 2.14. The predicted molar refractivity (Wildman–Crippen MR) is 75.2 cm³/mol. The Hall–Kier alpha value is -1.93. The van der Waals surface area contributed by atoms with Gasteiger partial charge in [-0.2, -0.15) is 10.4 Å². The fraction of sp³-hybridized carbons (Fsp3) is 0.214. The smallest absolute Gasteiger partial charge is 0.257 e. The van der Waals surface area contributed by atoms with Gasteiger partial charge in [-0.3, -0.25) is 0 Å². The van der Waals surface area contributed by atoms with Crippen LogP contribution in [0, 0.1) is 32.1 Å². The van der Waals surface area contributed by atoms with Crippen molar-refractivity contribution < 1.29 is 4.74 Å². The van der Waals surface area contributed by atoms with Crippen molar-refractivity contribution in [3.63, 3.8) is 0 Å². The van der Waals surface area contributed by atoms with Crippen LogP contribution >= 0.6 is 15.9 Å². The molecule has 1 aromatic carbocycles. The van der Waals surface area contributed by atoms with Crippen molar-refractivity contribution in [1.29, 1.82) is 5.26 Å². The highest BCUT2D eigenvalue weighted by atomic mass is 79.9. The number of hydrogen-bond donors (Lipinski definition) is 0. The summed E-state index contributed by atoms with van der Waals surface area (Å²) in [5.41, 5.74) is 3.05. The average molecular weight is 318 g/mol. The average Bonchev–Trinajstić information content (AvgIpc) is 2.37. The normalized spacial score (nSPS) is 10.1. The van der Waals surface area contributed by atoms with E-state index in [-0.39, 0.29) is 5.88 Å². The van der Waals surface area contributed by atoms with Gasteiger partial charge >= 0.3 is 0 Å². The standard InChI is InChI=1S/C14H12BrN3O/c1-8-4-5-13(12(15)6-8)19-14-11(7-16)9(2)10(3)17-18-14/h4-6H,1-3H3. The summed E-state index contributed by atoms with van der Waals surface area (Å²) in [6, 6.07) is 7.82. The molecule has 0 saturated heterocycles. The van der Waals surface area contributed by atoms with E-state index < -0.39 is 0 Å². The van der Waals surface area contributed by atoms with Gasteiger partial charge < -0.3 is 4.74 Å². The second kappa shape index (κ2) is 5.37. The van der Waals surface area contributed by atoms with Gasteiger partial charge in [0.15, 0.2) is 0 Å². The van der Waals surface area contributed by atoms with E-state index in [2.05, 4.69) is 32.2 Å². The highest BCUT2D eigenvalue weighted by Crippen LogP contribution is 2.31. The molecule has 0 fully saturated rings. The van der Waals surface area contributed by atoms with Gasteiger partial charge in [0.25, 0.3) is 5.88 Å².